The monoisotopic (exact) mass is 510 g/mol. The van der Waals surface area contributed by atoms with Gasteiger partial charge in [-0.2, -0.15) is 0 Å². The molecule has 2 aliphatic heterocycles. The van der Waals surface area contributed by atoms with Gasteiger partial charge in [0.15, 0.2) is 12.6 Å². The summed E-state index contributed by atoms with van der Waals surface area (Å²) in [7, 11) is 0. The quantitative estimate of drug-likeness (QED) is 0.354. The number of rotatable bonds is 9. The molecule has 202 valence electrons. The fourth-order valence-corrected chi connectivity index (χ4v) is 5.22. The molecule has 6 heteroatoms. The van der Waals surface area contributed by atoms with Crippen LogP contribution in [0.2, 0.25) is 0 Å². The molecule has 0 spiro atoms. The summed E-state index contributed by atoms with van der Waals surface area (Å²) >= 11 is 0. The Morgan fingerprint density at radius 1 is 0.892 bits per heavy atom. The van der Waals surface area contributed by atoms with Crippen LogP contribution in [0.25, 0.3) is 0 Å². The van der Waals surface area contributed by atoms with E-state index in [4.69, 9.17) is 23.7 Å². The van der Waals surface area contributed by atoms with Crippen LogP contribution < -0.4 is 0 Å². The van der Waals surface area contributed by atoms with E-state index in [-0.39, 0.29) is 29.5 Å². The first-order valence-electron chi connectivity index (χ1n) is 13.4. The Bertz CT molecular complexity index is 1000. The Morgan fingerprint density at radius 3 is 2.08 bits per heavy atom. The van der Waals surface area contributed by atoms with Gasteiger partial charge in [-0.15, -0.1) is 0 Å². The van der Waals surface area contributed by atoms with Crippen LogP contribution in [0.4, 0.5) is 0 Å². The predicted molar refractivity (Wildman–Crippen MR) is 142 cm³/mol. The topological polar surface area (TPSA) is 63.2 Å². The molecule has 2 heterocycles. The Labute approximate surface area is 221 Å². The van der Waals surface area contributed by atoms with Crippen LogP contribution in [0.3, 0.4) is 0 Å². The summed E-state index contributed by atoms with van der Waals surface area (Å²) in [6.45, 7) is 13.7. The highest BCUT2D eigenvalue weighted by Crippen LogP contribution is 2.41. The van der Waals surface area contributed by atoms with Crippen molar-refractivity contribution in [3.05, 3.63) is 71.8 Å². The molecule has 2 aliphatic rings. The van der Waals surface area contributed by atoms with Crippen molar-refractivity contribution in [2.75, 3.05) is 13.2 Å². The first-order valence-corrected chi connectivity index (χ1v) is 13.4. The Hall–Kier alpha value is -2.25. The molecule has 4 rings (SSSR count). The van der Waals surface area contributed by atoms with E-state index in [2.05, 4.69) is 41.5 Å². The van der Waals surface area contributed by atoms with Gasteiger partial charge in [-0.25, -0.2) is 0 Å². The second-order valence-corrected chi connectivity index (χ2v) is 12.1. The van der Waals surface area contributed by atoms with E-state index in [1.807, 2.05) is 60.7 Å². The average Bonchev–Trinajstić information content (AvgIpc) is 2.87. The van der Waals surface area contributed by atoms with E-state index in [1.54, 1.807) is 0 Å². The zero-order valence-corrected chi connectivity index (χ0v) is 23.0. The van der Waals surface area contributed by atoms with Crippen LogP contribution in [-0.2, 0) is 28.5 Å². The van der Waals surface area contributed by atoms with Crippen molar-refractivity contribution in [2.45, 2.75) is 85.3 Å². The maximum atomic E-state index is 13.0. The molecule has 6 nitrogen and oxygen atoms in total. The van der Waals surface area contributed by atoms with Crippen LogP contribution in [0.5, 0.6) is 0 Å². The van der Waals surface area contributed by atoms with Crippen LogP contribution >= 0.6 is 0 Å². The molecule has 2 saturated heterocycles. The Kier molecular flexibility index (Phi) is 8.74. The summed E-state index contributed by atoms with van der Waals surface area (Å²) in [5.74, 6) is 0.299. The number of hydrogen-bond donors (Lipinski definition) is 0. The Morgan fingerprint density at radius 2 is 1.49 bits per heavy atom. The molecule has 0 radical (unpaired) electrons. The zero-order valence-electron chi connectivity index (χ0n) is 23.0. The highest BCUT2D eigenvalue weighted by molar-refractivity contribution is 5.70. The smallest absolute Gasteiger partial charge is 0.306 e. The summed E-state index contributed by atoms with van der Waals surface area (Å²) < 4.78 is 30.8. The van der Waals surface area contributed by atoms with Gasteiger partial charge in [0.2, 0.25) is 0 Å². The summed E-state index contributed by atoms with van der Waals surface area (Å²) in [5.41, 5.74) is 1.78. The first-order chi connectivity index (χ1) is 17.5. The van der Waals surface area contributed by atoms with Gasteiger partial charge >= 0.3 is 5.97 Å². The van der Waals surface area contributed by atoms with E-state index < -0.39 is 24.8 Å². The number of benzene rings is 2. The molecular weight excluding hydrogens is 468 g/mol. The minimum atomic E-state index is -0.588. The fourth-order valence-electron chi connectivity index (χ4n) is 5.22. The van der Waals surface area contributed by atoms with E-state index in [0.717, 1.165) is 17.5 Å². The molecule has 2 fully saturated rings. The lowest BCUT2D eigenvalue weighted by Crippen LogP contribution is -2.55. The number of esters is 1. The van der Waals surface area contributed by atoms with Crippen molar-refractivity contribution in [3.8, 4) is 0 Å². The van der Waals surface area contributed by atoms with Crippen LogP contribution in [0, 0.1) is 16.7 Å². The molecule has 0 amide bonds. The van der Waals surface area contributed by atoms with E-state index in [9.17, 15) is 4.79 Å². The third-order valence-corrected chi connectivity index (χ3v) is 7.69. The minimum Gasteiger partial charge on any atom is -0.463 e. The second kappa shape index (κ2) is 11.6. The Balaban J connectivity index is 1.44. The third-order valence-electron chi connectivity index (χ3n) is 7.69. The SMILES string of the molecule is CC(C)C(C)(C)CC(C)(C)CC(=O)OC[C@@H]1OC(c2ccccc2)O[C@@H]2COC(c3ccccc3)O[C@H]12. The molecule has 2 unspecified atom stereocenters. The van der Waals surface area contributed by atoms with Gasteiger partial charge in [-0.3, -0.25) is 4.79 Å². The molecule has 0 N–H and O–H groups in total. The highest BCUT2D eigenvalue weighted by atomic mass is 16.8. The summed E-state index contributed by atoms with van der Waals surface area (Å²) in [6.07, 6.45) is -1.10. The van der Waals surface area contributed by atoms with Gasteiger partial charge in [0.05, 0.1) is 13.0 Å². The number of carbonyl (C=O) groups is 1. The van der Waals surface area contributed by atoms with Gasteiger partial charge in [0.1, 0.15) is 24.9 Å². The van der Waals surface area contributed by atoms with Crippen molar-refractivity contribution in [3.63, 3.8) is 0 Å². The van der Waals surface area contributed by atoms with Crippen LogP contribution in [-0.4, -0.2) is 37.5 Å². The van der Waals surface area contributed by atoms with Gasteiger partial charge in [-0.1, -0.05) is 102 Å². The molecule has 0 aliphatic carbocycles. The number of hydrogen-bond acceptors (Lipinski definition) is 6. The normalized spacial score (nSPS) is 26.5. The maximum Gasteiger partial charge on any atom is 0.306 e. The largest absolute Gasteiger partial charge is 0.463 e. The number of ether oxygens (including phenoxy) is 5. The fraction of sp³-hybridized carbons (Fsp3) is 0.581. The zero-order chi connectivity index (χ0) is 26.6. The molecule has 37 heavy (non-hydrogen) atoms. The van der Waals surface area contributed by atoms with Gasteiger partial charge < -0.3 is 23.7 Å². The van der Waals surface area contributed by atoms with Gasteiger partial charge in [0, 0.05) is 11.1 Å². The van der Waals surface area contributed by atoms with Crippen molar-refractivity contribution in [1.82, 2.24) is 0 Å². The summed E-state index contributed by atoms with van der Waals surface area (Å²) in [4.78, 5) is 13.0. The van der Waals surface area contributed by atoms with E-state index >= 15 is 0 Å². The van der Waals surface area contributed by atoms with E-state index in [0.29, 0.717) is 18.9 Å². The van der Waals surface area contributed by atoms with E-state index in [1.165, 1.54) is 0 Å². The first kappa shape index (κ1) is 27.8. The van der Waals surface area contributed by atoms with Crippen molar-refractivity contribution < 1.29 is 28.5 Å². The predicted octanol–water partition coefficient (Wildman–Crippen LogP) is 6.62. The molecule has 2 aromatic carbocycles. The molecule has 0 saturated carbocycles. The lowest BCUT2D eigenvalue weighted by Gasteiger charge is -2.45. The third kappa shape index (κ3) is 7.20. The lowest BCUT2D eigenvalue weighted by molar-refractivity contribution is -0.366. The van der Waals surface area contributed by atoms with Crippen molar-refractivity contribution in [1.29, 1.82) is 0 Å². The van der Waals surface area contributed by atoms with Gasteiger partial charge in [-0.05, 0) is 23.2 Å². The molecule has 5 atom stereocenters. The maximum absolute atomic E-state index is 13.0. The second-order valence-electron chi connectivity index (χ2n) is 12.1. The van der Waals surface area contributed by atoms with Crippen molar-refractivity contribution >= 4 is 5.97 Å². The average molecular weight is 511 g/mol. The lowest BCUT2D eigenvalue weighted by atomic mass is 9.68. The number of fused-ring (bicyclic) bond motifs is 1. The summed E-state index contributed by atoms with van der Waals surface area (Å²) in [6, 6.07) is 19.6. The molecule has 2 aromatic rings. The van der Waals surface area contributed by atoms with Gasteiger partial charge in [0.25, 0.3) is 0 Å². The standard InChI is InChI=1S/C31H42O6/c1-21(2)31(5,6)20-30(3,4)17-26(32)33-18-24-27-25(36-29(35-24)23-15-11-8-12-16-23)19-34-28(37-27)22-13-9-7-10-14-22/h7-16,21,24-25,27-29H,17-20H2,1-6H3/t24-,25+,27+,28?,29?/m0/s1. The molecule has 0 aromatic heterocycles. The highest BCUT2D eigenvalue weighted by Gasteiger charge is 2.46. The van der Waals surface area contributed by atoms with Crippen LogP contribution in [0.1, 0.15) is 78.1 Å². The minimum absolute atomic E-state index is 0.0951. The van der Waals surface area contributed by atoms with Crippen molar-refractivity contribution in [2.24, 2.45) is 16.7 Å². The van der Waals surface area contributed by atoms with Crippen LogP contribution in [0.15, 0.2) is 60.7 Å². The molecular formula is C31H42O6. The summed E-state index contributed by atoms with van der Waals surface area (Å²) in [5, 5.41) is 0. The molecule has 0 bridgehead atoms. The number of carbonyl (C=O) groups excluding carboxylic acids is 1.